The molecule has 2 nitrogen and oxygen atoms in total. The van der Waals surface area contributed by atoms with Crippen molar-refractivity contribution in [1.29, 1.82) is 0 Å². The molecule has 2 heteroatoms. The maximum absolute atomic E-state index is 2.72. The Morgan fingerprint density at radius 2 is 1.92 bits per heavy atom. The van der Waals surface area contributed by atoms with Gasteiger partial charge in [0.1, 0.15) is 0 Å². The normalized spacial score (nSPS) is 49.8. The minimum Gasteiger partial charge on any atom is -0.301 e. The maximum atomic E-state index is 2.72. The summed E-state index contributed by atoms with van der Waals surface area (Å²) < 4.78 is 0. The predicted octanol–water partition coefficient (Wildman–Crippen LogP) is 1.17. The Morgan fingerprint density at radius 1 is 1.23 bits per heavy atom. The summed E-state index contributed by atoms with van der Waals surface area (Å²) in [5.74, 6) is 0. The second-order valence-corrected chi connectivity index (χ2v) is 6.21. The monoisotopic (exact) mass is 180 g/mol. The molecule has 74 valence electrons. The molecule has 3 atom stereocenters. The fourth-order valence-corrected chi connectivity index (χ4v) is 3.63. The van der Waals surface area contributed by atoms with Crippen LogP contribution < -0.4 is 0 Å². The van der Waals surface area contributed by atoms with Crippen LogP contribution in [0.4, 0.5) is 0 Å². The Kier molecular flexibility index (Phi) is 1.24. The Balaban J connectivity index is 1.84. The van der Waals surface area contributed by atoms with E-state index in [4.69, 9.17) is 0 Å². The Hall–Kier alpha value is -0.0800. The molecule has 3 rings (SSSR count). The molecule has 2 aliphatic heterocycles. The fourth-order valence-electron chi connectivity index (χ4n) is 3.63. The van der Waals surface area contributed by atoms with E-state index in [2.05, 4.69) is 37.6 Å². The molecule has 0 amide bonds. The van der Waals surface area contributed by atoms with E-state index in [9.17, 15) is 0 Å². The van der Waals surface area contributed by atoms with Crippen LogP contribution in [0.15, 0.2) is 0 Å². The predicted molar refractivity (Wildman–Crippen MR) is 53.7 cm³/mol. The number of nitrogens with zero attached hydrogens (tertiary/aromatic N) is 2. The van der Waals surface area contributed by atoms with E-state index in [-0.39, 0.29) is 0 Å². The molecule has 1 saturated carbocycles. The van der Waals surface area contributed by atoms with Crippen LogP contribution in [0.5, 0.6) is 0 Å². The van der Waals surface area contributed by atoms with E-state index in [0.717, 1.165) is 17.5 Å². The van der Waals surface area contributed by atoms with Crippen molar-refractivity contribution in [2.75, 3.05) is 20.1 Å². The third-order valence-electron chi connectivity index (χ3n) is 4.42. The number of hydrogen-bond acceptors (Lipinski definition) is 2. The van der Waals surface area contributed by atoms with Crippen molar-refractivity contribution in [2.24, 2.45) is 5.41 Å². The highest BCUT2D eigenvalue weighted by Gasteiger charge is 2.73. The molecule has 2 heterocycles. The van der Waals surface area contributed by atoms with Crippen molar-refractivity contribution in [3.05, 3.63) is 0 Å². The molecule has 3 fully saturated rings. The second-order valence-electron chi connectivity index (χ2n) is 6.21. The van der Waals surface area contributed by atoms with Gasteiger partial charge in [-0.05, 0) is 34.2 Å². The van der Waals surface area contributed by atoms with Gasteiger partial charge >= 0.3 is 0 Å². The van der Waals surface area contributed by atoms with Crippen LogP contribution in [-0.4, -0.2) is 47.6 Å². The molecule has 0 N–H and O–H groups in total. The van der Waals surface area contributed by atoms with E-state index in [1.807, 2.05) is 0 Å². The van der Waals surface area contributed by atoms with Crippen LogP contribution in [0, 0.1) is 5.41 Å². The molecule has 0 aromatic rings. The minimum atomic E-state index is 0.381. The first-order valence-electron chi connectivity index (χ1n) is 5.42. The van der Waals surface area contributed by atoms with Gasteiger partial charge in [0, 0.05) is 36.1 Å². The molecule has 1 spiro atoms. The molecule has 2 saturated heterocycles. The third kappa shape index (κ3) is 0.816. The quantitative estimate of drug-likeness (QED) is 0.552. The largest absolute Gasteiger partial charge is 0.301 e. The van der Waals surface area contributed by atoms with E-state index in [0.29, 0.717) is 5.54 Å². The van der Waals surface area contributed by atoms with Gasteiger partial charge in [0.25, 0.3) is 0 Å². The van der Waals surface area contributed by atoms with Gasteiger partial charge in [0.15, 0.2) is 0 Å². The SMILES string of the molecule is CN1CC23C[C@@H]2N(C(C)(C)C)C[C@@H]13. The molecule has 1 aliphatic carbocycles. The number of hydrogen-bond donors (Lipinski definition) is 0. The number of piperidine rings is 1. The van der Waals surface area contributed by atoms with Gasteiger partial charge in [-0.1, -0.05) is 0 Å². The van der Waals surface area contributed by atoms with Crippen LogP contribution in [-0.2, 0) is 0 Å². The average molecular weight is 180 g/mol. The zero-order valence-corrected chi connectivity index (χ0v) is 9.17. The highest BCUT2D eigenvalue weighted by molar-refractivity contribution is 5.28. The summed E-state index contributed by atoms with van der Waals surface area (Å²) in [6.07, 6.45) is 1.47. The number of likely N-dealkylation sites (N-methyl/N-ethyl adjacent to an activating group) is 1. The molecular formula is C11H20N2. The zero-order valence-electron chi connectivity index (χ0n) is 9.17. The summed E-state index contributed by atoms with van der Waals surface area (Å²) >= 11 is 0. The van der Waals surface area contributed by atoms with Gasteiger partial charge in [0.05, 0.1) is 0 Å². The molecule has 3 aliphatic rings. The summed E-state index contributed by atoms with van der Waals surface area (Å²) in [4.78, 5) is 5.26. The average Bonchev–Trinajstić information content (AvgIpc) is 2.58. The lowest BCUT2D eigenvalue weighted by atomic mass is 9.87. The smallest absolute Gasteiger partial charge is 0.0304 e. The van der Waals surface area contributed by atoms with Gasteiger partial charge in [0.2, 0.25) is 0 Å². The Morgan fingerprint density at radius 3 is 2.38 bits per heavy atom. The maximum Gasteiger partial charge on any atom is 0.0304 e. The van der Waals surface area contributed by atoms with Crippen LogP contribution in [0.2, 0.25) is 0 Å². The first-order chi connectivity index (χ1) is 5.95. The highest BCUT2D eigenvalue weighted by atomic mass is 15.4. The molecule has 1 unspecified atom stereocenters. The van der Waals surface area contributed by atoms with Crippen molar-refractivity contribution < 1.29 is 0 Å². The van der Waals surface area contributed by atoms with Crippen molar-refractivity contribution in [2.45, 2.75) is 44.8 Å². The molecule has 0 aromatic carbocycles. The second kappa shape index (κ2) is 1.96. The van der Waals surface area contributed by atoms with Crippen LogP contribution in [0.25, 0.3) is 0 Å². The van der Waals surface area contributed by atoms with Crippen molar-refractivity contribution in [1.82, 2.24) is 9.80 Å². The standard InChI is InChI=1S/C11H20N2/c1-10(2,3)13-6-9-11(5-8(11)13)7-12(9)4/h8-9H,5-7H2,1-4H3/t8-,9+,11?/m0/s1. The first-order valence-corrected chi connectivity index (χ1v) is 5.42. The van der Waals surface area contributed by atoms with Gasteiger partial charge in [-0.2, -0.15) is 0 Å². The molecular weight excluding hydrogens is 160 g/mol. The van der Waals surface area contributed by atoms with Gasteiger partial charge in [-0.15, -0.1) is 0 Å². The molecule has 0 radical (unpaired) electrons. The summed E-state index contributed by atoms with van der Waals surface area (Å²) in [5, 5.41) is 0. The topological polar surface area (TPSA) is 6.48 Å². The van der Waals surface area contributed by atoms with E-state index in [1.165, 1.54) is 19.5 Å². The van der Waals surface area contributed by atoms with E-state index >= 15 is 0 Å². The van der Waals surface area contributed by atoms with E-state index < -0.39 is 0 Å². The van der Waals surface area contributed by atoms with Crippen molar-refractivity contribution in [3.8, 4) is 0 Å². The van der Waals surface area contributed by atoms with Crippen LogP contribution >= 0.6 is 0 Å². The molecule has 0 aromatic heterocycles. The van der Waals surface area contributed by atoms with Crippen LogP contribution in [0.1, 0.15) is 27.2 Å². The van der Waals surface area contributed by atoms with Crippen molar-refractivity contribution >= 4 is 0 Å². The fraction of sp³-hybridized carbons (Fsp3) is 1.00. The summed E-state index contributed by atoms with van der Waals surface area (Å²) in [7, 11) is 2.28. The summed E-state index contributed by atoms with van der Waals surface area (Å²) in [5.41, 5.74) is 1.13. The Bertz CT molecular complexity index is 255. The number of rotatable bonds is 0. The minimum absolute atomic E-state index is 0.381. The van der Waals surface area contributed by atoms with Crippen molar-refractivity contribution in [3.63, 3.8) is 0 Å². The Labute approximate surface area is 80.9 Å². The lowest BCUT2D eigenvalue weighted by Gasteiger charge is -2.44. The zero-order chi connectivity index (χ0) is 9.43. The van der Waals surface area contributed by atoms with Gasteiger partial charge in [-0.3, -0.25) is 4.90 Å². The third-order valence-corrected chi connectivity index (χ3v) is 4.42. The van der Waals surface area contributed by atoms with E-state index in [1.54, 1.807) is 0 Å². The summed E-state index contributed by atoms with van der Waals surface area (Å²) in [6, 6.07) is 1.81. The first kappa shape index (κ1) is 8.25. The molecule has 0 bridgehead atoms. The number of likely N-dealkylation sites (tertiary alicyclic amines) is 2. The lowest BCUT2D eigenvalue weighted by molar-refractivity contribution is 0.0372. The summed E-state index contributed by atoms with van der Waals surface area (Å²) in [6.45, 7) is 9.72. The van der Waals surface area contributed by atoms with Gasteiger partial charge in [-0.25, -0.2) is 0 Å². The van der Waals surface area contributed by atoms with Crippen LogP contribution in [0.3, 0.4) is 0 Å². The highest BCUT2D eigenvalue weighted by Crippen LogP contribution is 2.65. The van der Waals surface area contributed by atoms with Gasteiger partial charge < -0.3 is 4.90 Å². The lowest BCUT2D eigenvalue weighted by Crippen LogP contribution is -2.56. The molecule has 13 heavy (non-hydrogen) atoms.